The second kappa shape index (κ2) is 10.7. The Morgan fingerprint density at radius 3 is 2.52 bits per heavy atom. The van der Waals surface area contributed by atoms with E-state index >= 15 is 0 Å². The van der Waals surface area contributed by atoms with Gasteiger partial charge in [0.25, 0.3) is 11.8 Å². The van der Waals surface area contributed by atoms with Crippen LogP contribution in [-0.2, 0) is 14.3 Å². The van der Waals surface area contributed by atoms with E-state index in [9.17, 15) is 14.4 Å². The molecule has 0 aliphatic heterocycles. The summed E-state index contributed by atoms with van der Waals surface area (Å²) in [7, 11) is 0. The van der Waals surface area contributed by atoms with Gasteiger partial charge in [0.05, 0.1) is 6.42 Å². The van der Waals surface area contributed by atoms with E-state index in [2.05, 4.69) is 5.32 Å². The van der Waals surface area contributed by atoms with Gasteiger partial charge in [0.1, 0.15) is 0 Å². The molecule has 2 rings (SSSR count). The van der Waals surface area contributed by atoms with Gasteiger partial charge in [-0.1, -0.05) is 37.5 Å². The van der Waals surface area contributed by atoms with Crippen molar-refractivity contribution in [1.29, 1.82) is 0 Å². The first-order chi connectivity index (χ1) is 13.0. The summed E-state index contributed by atoms with van der Waals surface area (Å²) in [6.07, 6.45) is 5.62. The normalized spacial score (nSPS) is 14.4. The van der Waals surface area contributed by atoms with Crippen molar-refractivity contribution in [3.05, 3.63) is 35.4 Å². The second-order valence-corrected chi connectivity index (χ2v) is 6.95. The molecule has 0 spiro atoms. The summed E-state index contributed by atoms with van der Waals surface area (Å²) in [4.78, 5) is 38.2. The molecule has 0 radical (unpaired) electrons. The topological polar surface area (TPSA) is 75.7 Å². The maximum Gasteiger partial charge on any atom is 0.308 e. The number of esters is 1. The van der Waals surface area contributed by atoms with Gasteiger partial charge in [-0.2, -0.15) is 0 Å². The average molecular weight is 374 g/mol. The highest BCUT2D eigenvalue weighted by Crippen LogP contribution is 2.22. The third kappa shape index (κ3) is 6.38. The molecule has 0 unspecified atom stereocenters. The van der Waals surface area contributed by atoms with Gasteiger partial charge < -0.3 is 15.0 Å². The SMILES string of the molecule is CCN(C(=O)COC(=O)CCNC(=O)c1ccccc1C)C1CCCCC1. The Morgan fingerprint density at radius 2 is 1.85 bits per heavy atom. The van der Waals surface area contributed by atoms with E-state index in [1.54, 1.807) is 12.1 Å². The van der Waals surface area contributed by atoms with Crippen molar-refractivity contribution in [3.63, 3.8) is 0 Å². The van der Waals surface area contributed by atoms with Crippen LogP contribution in [-0.4, -0.2) is 48.4 Å². The number of rotatable bonds is 8. The molecule has 1 N–H and O–H groups in total. The molecular formula is C21H30N2O4. The van der Waals surface area contributed by atoms with Crippen molar-refractivity contribution in [3.8, 4) is 0 Å². The largest absolute Gasteiger partial charge is 0.456 e. The van der Waals surface area contributed by atoms with Crippen LogP contribution >= 0.6 is 0 Å². The Labute approximate surface area is 161 Å². The summed E-state index contributed by atoms with van der Waals surface area (Å²) in [5.41, 5.74) is 1.47. The zero-order valence-corrected chi connectivity index (χ0v) is 16.3. The smallest absolute Gasteiger partial charge is 0.308 e. The predicted octanol–water partition coefficient (Wildman–Crippen LogP) is 2.84. The Kier molecular flexibility index (Phi) is 8.30. The summed E-state index contributed by atoms with van der Waals surface area (Å²) in [6.45, 7) is 4.40. The van der Waals surface area contributed by atoms with Crippen LogP contribution in [0.15, 0.2) is 24.3 Å². The third-order valence-corrected chi connectivity index (χ3v) is 5.04. The van der Waals surface area contributed by atoms with E-state index in [0.29, 0.717) is 12.1 Å². The Hall–Kier alpha value is -2.37. The van der Waals surface area contributed by atoms with E-state index in [4.69, 9.17) is 4.74 Å². The lowest BCUT2D eigenvalue weighted by Gasteiger charge is -2.33. The van der Waals surface area contributed by atoms with Crippen LogP contribution in [0.5, 0.6) is 0 Å². The first-order valence-corrected chi connectivity index (χ1v) is 9.81. The number of amides is 2. The van der Waals surface area contributed by atoms with Crippen LogP contribution in [0, 0.1) is 6.92 Å². The maximum absolute atomic E-state index is 12.4. The van der Waals surface area contributed by atoms with E-state index in [1.165, 1.54) is 6.42 Å². The fourth-order valence-electron chi connectivity index (χ4n) is 3.53. The number of likely N-dealkylation sites (N-methyl/N-ethyl adjacent to an activating group) is 1. The lowest BCUT2D eigenvalue weighted by atomic mass is 9.94. The van der Waals surface area contributed by atoms with E-state index in [0.717, 1.165) is 31.2 Å². The van der Waals surface area contributed by atoms with Gasteiger partial charge in [0.2, 0.25) is 0 Å². The fraction of sp³-hybridized carbons (Fsp3) is 0.571. The number of benzene rings is 1. The van der Waals surface area contributed by atoms with Crippen molar-refractivity contribution in [2.24, 2.45) is 0 Å². The van der Waals surface area contributed by atoms with Crippen LogP contribution in [0.3, 0.4) is 0 Å². The van der Waals surface area contributed by atoms with Gasteiger partial charge in [-0.25, -0.2) is 0 Å². The molecular weight excluding hydrogens is 344 g/mol. The highest BCUT2D eigenvalue weighted by atomic mass is 16.5. The number of ether oxygens (including phenoxy) is 1. The molecule has 0 heterocycles. The molecule has 1 aliphatic rings. The van der Waals surface area contributed by atoms with Gasteiger partial charge in [0, 0.05) is 24.7 Å². The van der Waals surface area contributed by atoms with Crippen molar-refractivity contribution in [2.45, 2.75) is 58.4 Å². The number of nitrogens with one attached hydrogen (secondary N) is 1. The molecule has 0 saturated heterocycles. The Morgan fingerprint density at radius 1 is 1.15 bits per heavy atom. The highest BCUT2D eigenvalue weighted by Gasteiger charge is 2.24. The Balaban J connectivity index is 1.70. The molecule has 2 amide bonds. The number of hydrogen-bond acceptors (Lipinski definition) is 4. The van der Waals surface area contributed by atoms with Crippen LogP contribution < -0.4 is 5.32 Å². The number of carbonyl (C=O) groups is 3. The minimum atomic E-state index is -0.479. The molecule has 1 aliphatic carbocycles. The Bertz CT molecular complexity index is 653. The third-order valence-electron chi connectivity index (χ3n) is 5.04. The lowest BCUT2D eigenvalue weighted by Crippen LogP contribution is -2.43. The van der Waals surface area contributed by atoms with E-state index in [-0.39, 0.29) is 37.4 Å². The van der Waals surface area contributed by atoms with Gasteiger partial charge in [-0.3, -0.25) is 14.4 Å². The molecule has 148 valence electrons. The summed E-state index contributed by atoms with van der Waals surface area (Å²) < 4.78 is 5.11. The molecule has 0 atom stereocenters. The van der Waals surface area contributed by atoms with E-state index < -0.39 is 5.97 Å². The molecule has 27 heavy (non-hydrogen) atoms. The van der Waals surface area contributed by atoms with Gasteiger partial charge >= 0.3 is 5.97 Å². The summed E-state index contributed by atoms with van der Waals surface area (Å²) in [5.74, 6) is -0.832. The standard InChI is InChI=1S/C21H30N2O4/c1-3-23(17-10-5-4-6-11-17)19(24)15-27-20(25)13-14-22-21(26)18-12-8-7-9-16(18)2/h7-9,12,17H,3-6,10-11,13-15H2,1-2H3,(H,22,26). The minimum absolute atomic E-state index is 0.0421. The number of carbonyl (C=O) groups excluding carboxylic acids is 3. The van der Waals surface area contributed by atoms with Crippen LogP contribution in [0.2, 0.25) is 0 Å². The molecule has 1 saturated carbocycles. The summed E-state index contributed by atoms with van der Waals surface area (Å²) in [5, 5.41) is 2.71. The van der Waals surface area contributed by atoms with Gasteiger partial charge in [-0.15, -0.1) is 0 Å². The molecule has 6 heteroatoms. The van der Waals surface area contributed by atoms with Crippen LogP contribution in [0.25, 0.3) is 0 Å². The van der Waals surface area contributed by atoms with Crippen molar-refractivity contribution < 1.29 is 19.1 Å². The zero-order valence-electron chi connectivity index (χ0n) is 16.3. The molecule has 0 aromatic heterocycles. The number of hydrogen-bond donors (Lipinski definition) is 1. The first-order valence-electron chi connectivity index (χ1n) is 9.81. The second-order valence-electron chi connectivity index (χ2n) is 6.95. The first kappa shape index (κ1) is 20.9. The monoisotopic (exact) mass is 374 g/mol. The van der Waals surface area contributed by atoms with Gasteiger partial charge in [0.15, 0.2) is 6.61 Å². The number of aryl methyl sites for hydroxylation is 1. The average Bonchev–Trinajstić information content (AvgIpc) is 2.68. The number of nitrogens with zero attached hydrogens (tertiary/aromatic N) is 1. The fourth-order valence-corrected chi connectivity index (χ4v) is 3.53. The van der Waals surface area contributed by atoms with Crippen LogP contribution in [0.1, 0.15) is 61.4 Å². The van der Waals surface area contributed by atoms with Crippen LogP contribution in [0.4, 0.5) is 0 Å². The molecule has 1 aromatic carbocycles. The lowest BCUT2D eigenvalue weighted by molar-refractivity contribution is -0.153. The summed E-state index contributed by atoms with van der Waals surface area (Å²) in [6, 6.07) is 7.54. The molecule has 1 fully saturated rings. The maximum atomic E-state index is 12.4. The van der Waals surface area contributed by atoms with Crippen molar-refractivity contribution in [2.75, 3.05) is 19.7 Å². The minimum Gasteiger partial charge on any atom is -0.456 e. The molecule has 6 nitrogen and oxygen atoms in total. The van der Waals surface area contributed by atoms with Gasteiger partial charge in [-0.05, 0) is 38.3 Å². The predicted molar refractivity (Wildman–Crippen MR) is 103 cm³/mol. The van der Waals surface area contributed by atoms with Crippen molar-refractivity contribution in [1.82, 2.24) is 10.2 Å². The quantitative estimate of drug-likeness (QED) is 0.710. The van der Waals surface area contributed by atoms with Crippen molar-refractivity contribution >= 4 is 17.8 Å². The highest BCUT2D eigenvalue weighted by molar-refractivity contribution is 5.95. The summed E-state index contributed by atoms with van der Waals surface area (Å²) >= 11 is 0. The molecule has 0 bridgehead atoms. The van der Waals surface area contributed by atoms with E-state index in [1.807, 2.05) is 30.9 Å². The molecule has 1 aromatic rings. The zero-order chi connectivity index (χ0) is 19.6.